The largest absolute Gasteiger partial charge is 0.491 e. The van der Waals surface area contributed by atoms with Crippen LogP contribution in [0.5, 0.6) is 11.6 Å². The van der Waals surface area contributed by atoms with Crippen molar-refractivity contribution in [3.05, 3.63) is 41.1 Å². The molecule has 1 aliphatic carbocycles. The predicted octanol–water partition coefficient (Wildman–Crippen LogP) is 2.53. The maximum absolute atomic E-state index is 15.0. The van der Waals surface area contributed by atoms with E-state index in [1.807, 2.05) is 6.07 Å². The van der Waals surface area contributed by atoms with E-state index in [0.717, 1.165) is 13.0 Å². The van der Waals surface area contributed by atoms with Gasteiger partial charge in [0.1, 0.15) is 18.5 Å². The highest BCUT2D eigenvalue weighted by molar-refractivity contribution is 5.92. The topological polar surface area (TPSA) is 98.4 Å². The van der Waals surface area contributed by atoms with Gasteiger partial charge in [0.15, 0.2) is 11.9 Å². The number of hydrogen-bond donors (Lipinski definition) is 1. The third-order valence-electron chi connectivity index (χ3n) is 5.80. The number of carbonyl (C=O) groups is 1. The van der Waals surface area contributed by atoms with E-state index in [2.05, 4.69) is 10.4 Å². The Morgan fingerprint density at radius 1 is 1.32 bits per heavy atom. The number of nitrogens with one attached hydrogen (secondary N) is 1. The van der Waals surface area contributed by atoms with Gasteiger partial charge in [-0.05, 0) is 37.0 Å². The molecule has 5 rings (SSSR count). The molecule has 3 aliphatic rings. The Bertz CT molecular complexity index is 1030. The first-order chi connectivity index (χ1) is 15.1. The highest BCUT2D eigenvalue weighted by atomic mass is 19.1. The van der Waals surface area contributed by atoms with Crippen molar-refractivity contribution in [3.63, 3.8) is 0 Å². The number of halogens is 1. The molecule has 2 unspecified atom stereocenters. The molecule has 3 atom stereocenters. The molecule has 31 heavy (non-hydrogen) atoms. The minimum absolute atomic E-state index is 0.00369. The molecule has 0 bridgehead atoms. The summed E-state index contributed by atoms with van der Waals surface area (Å²) in [7, 11) is 0. The number of nitrogens with zero attached hydrogens (tertiary/aromatic N) is 3. The first-order valence-corrected chi connectivity index (χ1v) is 10.5. The van der Waals surface area contributed by atoms with Crippen molar-refractivity contribution in [3.8, 4) is 17.7 Å². The average molecular weight is 426 g/mol. The summed E-state index contributed by atoms with van der Waals surface area (Å²) in [5, 5.41) is 16.0. The number of aromatic nitrogens is 2. The van der Waals surface area contributed by atoms with E-state index < -0.39 is 18.1 Å². The number of hydrogen-bond acceptors (Lipinski definition) is 6. The molecule has 3 heterocycles. The lowest BCUT2D eigenvalue weighted by molar-refractivity contribution is 0.0221. The number of nitriles is 1. The summed E-state index contributed by atoms with van der Waals surface area (Å²) in [6.45, 7) is 1.93. The number of aryl methyl sites for hydroxylation is 1. The molecule has 1 amide bonds. The van der Waals surface area contributed by atoms with Crippen LogP contribution in [0.4, 0.5) is 4.39 Å². The number of benzene rings is 1. The molecule has 162 valence electrons. The maximum atomic E-state index is 15.0. The molecule has 1 saturated carbocycles. The molecular weight excluding hydrogens is 403 g/mol. The van der Waals surface area contributed by atoms with Gasteiger partial charge in [0.25, 0.3) is 5.91 Å². The van der Waals surface area contributed by atoms with Gasteiger partial charge in [0, 0.05) is 31.2 Å². The lowest BCUT2D eigenvalue weighted by Gasteiger charge is -2.29. The quantitative estimate of drug-likeness (QED) is 0.762. The van der Waals surface area contributed by atoms with Crippen LogP contribution in [0.25, 0.3) is 0 Å². The van der Waals surface area contributed by atoms with E-state index in [9.17, 15) is 4.79 Å². The number of alkyl halides is 1. The van der Waals surface area contributed by atoms with Gasteiger partial charge in [-0.15, -0.1) is 0 Å². The normalized spacial score (nSPS) is 24.2. The van der Waals surface area contributed by atoms with Crippen LogP contribution in [0.15, 0.2) is 24.3 Å². The van der Waals surface area contributed by atoms with Gasteiger partial charge in [-0.1, -0.05) is 0 Å². The minimum Gasteiger partial charge on any atom is -0.491 e. The smallest absolute Gasteiger partial charge is 0.272 e. The van der Waals surface area contributed by atoms with Crippen molar-refractivity contribution in [1.29, 1.82) is 5.26 Å². The van der Waals surface area contributed by atoms with Crippen molar-refractivity contribution in [1.82, 2.24) is 15.1 Å². The van der Waals surface area contributed by atoms with Crippen molar-refractivity contribution < 1.29 is 23.4 Å². The zero-order chi connectivity index (χ0) is 21.4. The summed E-state index contributed by atoms with van der Waals surface area (Å²) in [6, 6.07) is 7.28. The Morgan fingerprint density at radius 3 is 3.00 bits per heavy atom. The molecule has 2 aliphatic heterocycles. The fraction of sp³-hybridized carbons (Fsp3) is 0.500. The second-order valence-corrected chi connectivity index (χ2v) is 8.26. The summed E-state index contributed by atoms with van der Waals surface area (Å²) in [5.41, 5.74) is 0.766. The van der Waals surface area contributed by atoms with Crippen LogP contribution in [0, 0.1) is 17.2 Å². The number of carbonyl (C=O) groups excluding carboxylic acids is 1. The van der Waals surface area contributed by atoms with Crippen LogP contribution in [0.1, 0.15) is 47.0 Å². The highest BCUT2D eigenvalue weighted by Crippen LogP contribution is 2.35. The van der Waals surface area contributed by atoms with E-state index >= 15 is 4.39 Å². The van der Waals surface area contributed by atoms with Crippen molar-refractivity contribution in [2.75, 3.05) is 19.8 Å². The Morgan fingerprint density at radius 2 is 2.19 bits per heavy atom. The van der Waals surface area contributed by atoms with Gasteiger partial charge >= 0.3 is 0 Å². The molecule has 1 aromatic heterocycles. The molecule has 0 spiro atoms. The third-order valence-corrected chi connectivity index (χ3v) is 5.80. The number of rotatable bonds is 6. The first-order valence-electron chi connectivity index (χ1n) is 10.5. The van der Waals surface area contributed by atoms with Gasteiger partial charge in [-0.25, -0.2) is 9.07 Å². The van der Waals surface area contributed by atoms with Crippen LogP contribution in [0.2, 0.25) is 0 Å². The van der Waals surface area contributed by atoms with Crippen molar-refractivity contribution >= 4 is 5.91 Å². The Balaban J connectivity index is 1.21. The zero-order valence-electron chi connectivity index (χ0n) is 16.9. The Hall–Kier alpha value is -3.12. The molecule has 9 heteroatoms. The Kier molecular flexibility index (Phi) is 5.24. The van der Waals surface area contributed by atoms with Gasteiger partial charge in [0.2, 0.25) is 5.88 Å². The van der Waals surface area contributed by atoms with Crippen LogP contribution in [-0.2, 0) is 11.3 Å². The summed E-state index contributed by atoms with van der Waals surface area (Å²) < 4.78 is 33.9. The SMILES string of the molecule is N#Cc1ccc2c(c1)C(F)[C@@H](NC(=O)c1cc3n(n1)CCC(COCC1CC1)O3)CO2. The van der Waals surface area contributed by atoms with Gasteiger partial charge < -0.3 is 19.5 Å². The molecule has 1 fully saturated rings. The summed E-state index contributed by atoms with van der Waals surface area (Å²) in [6.07, 6.45) is 1.69. The molecule has 0 radical (unpaired) electrons. The van der Waals surface area contributed by atoms with E-state index in [4.69, 9.17) is 19.5 Å². The fourth-order valence-corrected chi connectivity index (χ4v) is 3.83. The fourth-order valence-electron chi connectivity index (χ4n) is 3.83. The van der Waals surface area contributed by atoms with Gasteiger partial charge in [-0.2, -0.15) is 10.4 Å². The molecule has 1 N–H and O–H groups in total. The molecule has 8 nitrogen and oxygen atoms in total. The zero-order valence-corrected chi connectivity index (χ0v) is 16.9. The standard InChI is InChI=1S/C22H23FN4O4/c23-21-16-7-14(9-24)3-4-19(16)30-12-18(21)25-22(28)17-8-20-27(26-17)6-5-15(31-20)11-29-10-13-1-2-13/h3-4,7-8,13,15,18,21H,1-2,5-6,10-12H2,(H,25,28)/t15?,18-,21?/m0/s1. The highest BCUT2D eigenvalue weighted by Gasteiger charge is 2.34. The van der Waals surface area contributed by atoms with Crippen molar-refractivity contribution in [2.45, 2.75) is 44.1 Å². The summed E-state index contributed by atoms with van der Waals surface area (Å²) in [4.78, 5) is 12.7. The number of amides is 1. The summed E-state index contributed by atoms with van der Waals surface area (Å²) in [5.74, 6) is 1.10. The summed E-state index contributed by atoms with van der Waals surface area (Å²) >= 11 is 0. The minimum atomic E-state index is -1.48. The number of fused-ring (bicyclic) bond motifs is 2. The van der Waals surface area contributed by atoms with E-state index in [1.54, 1.807) is 22.9 Å². The molecule has 2 aromatic rings. The van der Waals surface area contributed by atoms with Crippen LogP contribution < -0.4 is 14.8 Å². The van der Waals surface area contributed by atoms with Crippen LogP contribution in [-0.4, -0.2) is 47.7 Å². The second-order valence-electron chi connectivity index (χ2n) is 8.26. The molecular formula is C22H23FN4O4. The van der Waals surface area contributed by atoms with Gasteiger partial charge in [0.05, 0.1) is 24.3 Å². The van der Waals surface area contributed by atoms with E-state index in [1.165, 1.54) is 18.9 Å². The second kappa shape index (κ2) is 8.19. The molecule has 0 saturated heterocycles. The molecule has 1 aromatic carbocycles. The number of ether oxygens (including phenoxy) is 3. The van der Waals surface area contributed by atoms with E-state index in [-0.39, 0.29) is 24.0 Å². The van der Waals surface area contributed by atoms with Gasteiger partial charge in [-0.3, -0.25) is 4.79 Å². The van der Waals surface area contributed by atoms with Crippen LogP contribution in [0.3, 0.4) is 0 Å². The Labute approximate surface area is 178 Å². The monoisotopic (exact) mass is 426 g/mol. The predicted molar refractivity (Wildman–Crippen MR) is 107 cm³/mol. The van der Waals surface area contributed by atoms with Crippen LogP contribution >= 0.6 is 0 Å². The maximum Gasteiger partial charge on any atom is 0.272 e. The van der Waals surface area contributed by atoms with E-state index in [0.29, 0.717) is 36.3 Å². The lowest BCUT2D eigenvalue weighted by atomic mass is 9.98. The lowest BCUT2D eigenvalue weighted by Crippen LogP contribution is -2.44. The van der Waals surface area contributed by atoms with Crippen molar-refractivity contribution in [2.24, 2.45) is 5.92 Å². The first kappa shape index (κ1) is 19.8. The third kappa shape index (κ3) is 4.21. The average Bonchev–Trinajstić information content (AvgIpc) is 3.51.